The van der Waals surface area contributed by atoms with E-state index < -0.39 is 0 Å². The molecule has 1 aromatic heterocycles. The lowest BCUT2D eigenvalue weighted by molar-refractivity contribution is 0.181. The number of thiazole rings is 1. The van der Waals surface area contributed by atoms with Crippen molar-refractivity contribution < 1.29 is 4.74 Å². The quantitative estimate of drug-likeness (QED) is 0.813. The first-order valence-electron chi connectivity index (χ1n) is 6.00. The minimum atomic E-state index is 0.486. The van der Waals surface area contributed by atoms with Crippen molar-refractivity contribution in [1.29, 1.82) is 0 Å². The lowest BCUT2D eigenvalue weighted by atomic mass is 10.3. The molecule has 0 aromatic carbocycles. The van der Waals surface area contributed by atoms with Crippen molar-refractivity contribution in [3.05, 3.63) is 10.6 Å². The van der Waals surface area contributed by atoms with Crippen molar-refractivity contribution in [3.8, 4) is 0 Å². The van der Waals surface area contributed by atoms with Crippen LogP contribution in [0.25, 0.3) is 0 Å². The summed E-state index contributed by atoms with van der Waals surface area (Å²) in [5.41, 5.74) is 1.06. The highest BCUT2D eigenvalue weighted by atomic mass is 32.1. The highest BCUT2D eigenvalue weighted by molar-refractivity contribution is 7.15. The second kappa shape index (κ2) is 6.93. The molecule has 0 aliphatic carbocycles. The second-order valence-electron chi connectivity index (χ2n) is 4.35. The van der Waals surface area contributed by atoms with E-state index in [9.17, 15) is 0 Å². The van der Waals surface area contributed by atoms with Crippen LogP contribution in [0.5, 0.6) is 0 Å². The standard InChI is InChI=1S/C12H23N3OS/c1-6-15(4)12-14-10(8-16-5)11(17-12)7-13-9(2)3/h9,13H,6-8H2,1-5H3. The molecule has 0 fully saturated rings. The van der Waals surface area contributed by atoms with Crippen molar-refractivity contribution in [1.82, 2.24) is 10.3 Å². The van der Waals surface area contributed by atoms with Crippen LogP contribution in [0.1, 0.15) is 31.3 Å². The van der Waals surface area contributed by atoms with E-state index in [-0.39, 0.29) is 0 Å². The molecule has 0 aliphatic rings. The van der Waals surface area contributed by atoms with Crippen molar-refractivity contribution in [2.24, 2.45) is 0 Å². The molecule has 1 N–H and O–H groups in total. The Labute approximate surface area is 108 Å². The fraction of sp³-hybridized carbons (Fsp3) is 0.750. The van der Waals surface area contributed by atoms with Crippen LogP contribution < -0.4 is 10.2 Å². The van der Waals surface area contributed by atoms with Gasteiger partial charge in [0, 0.05) is 38.2 Å². The van der Waals surface area contributed by atoms with E-state index >= 15 is 0 Å². The van der Waals surface area contributed by atoms with Crippen molar-refractivity contribution >= 4 is 16.5 Å². The molecule has 17 heavy (non-hydrogen) atoms. The molecular formula is C12H23N3OS. The van der Waals surface area contributed by atoms with Crippen LogP contribution in [0.15, 0.2) is 0 Å². The van der Waals surface area contributed by atoms with E-state index in [0.29, 0.717) is 12.6 Å². The lowest BCUT2D eigenvalue weighted by Gasteiger charge is -2.11. The molecule has 0 saturated carbocycles. The Morgan fingerprint density at radius 3 is 2.71 bits per heavy atom. The molecule has 0 amide bonds. The van der Waals surface area contributed by atoms with Gasteiger partial charge in [-0.2, -0.15) is 0 Å². The van der Waals surface area contributed by atoms with Gasteiger partial charge in [0.25, 0.3) is 0 Å². The SMILES string of the molecule is CCN(C)c1nc(COC)c(CNC(C)C)s1. The van der Waals surface area contributed by atoms with E-state index in [1.54, 1.807) is 18.4 Å². The lowest BCUT2D eigenvalue weighted by Crippen LogP contribution is -2.21. The zero-order chi connectivity index (χ0) is 12.8. The summed E-state index contributed by atoms with van der Waals surface area (Å²) in [4.78, 5) is 8.06. The summed E-state index contributed by atoms with van der Waals surface area (Å²) in [6, 6.07) is 0.486. The summed E-state index contributed by atoms with van der Waals surface area (Å²) in [5, 5.41) is 4.50. The number of methoxy groups -OCH3 is 1. The number of rotatable bonds is 7. The van der Waals surface area contributed by atoms with Crippen LogP contribution in [-0.2, 0) is 17.9 Å². The van der Waals surface area contributed by atoms with E-state index in [0.717, 1.165) is 23.9 Å². The van der Waals surface area contributed by atoms with Crippen molar-refractivity contribution in [2.75, 3.05) is 25.6 Å². The number of nitrogens with zero attached hydrogens (tertiary/aromatic N) is 2. The van der Waals surface area contributed by atoms with Crippen LogP contribution in [-0.4, -0.2) is 31.7 Å². The zero-order valence-electron chi connectivity index (χ0n) is 11.4. The van der Waals surface area contributed by atoms with E-state index in [2.05, 4.69) is 43.0 Å². The fourth-order valence-electron chi connectivity index (χ4n) is 1.35. The molecule has 0 aliphatic heterocycles. The van der Waals surface area contributed by atoms with Gasteiger partial charge in [0.2, 0.25) is 0 Å². The normalized spacial score (nSPS) is 11.2. The number of hydrogen-bond donors (Lipinski definition) is 1. The molecule has 0 radical (unpaired) electrons. The molecule has 98 valence electrons. The molecule has 0 bridgehead atoms. The molecule has 5 heteroatoms. The highest BCUT2D eigenvalue weighted by Gasteiger charge is 2.13. The van der Waals surface area contributed by atoms with Crippen LogP contribution >= 0.6 is 11.3 Å². The Morgan fingerprint density at radius 1 is 1.47 bits per heavy atom. The molecule has 0 atom stereocenters. The predicted molar refractivity (Wildman–Crippen MR) is 73.7 cm³/mol. The minimum absolute atomic E-state index is 0.486. The van der Waals surface area contributed by atoms with Gasteiger partial charge in [-0.3, -0.25) is 0 Å². The maximum Gasteiger partial charge on any atom is 0.185 e. The maximum atomic E-state index is 5.20. The Morgan fingerprint density at radius 2 is 2.18 bits per heavy atom. The first-order chi connectivity index (χ1) is 8.08. The fourth-order valence-corrected chi connectivity index (χ4v) is 2.39. The highest BCUT2D eigenvalue weighted by Crippen LogP contribution is 2.26. The van der Waals surface area contributed by atoms with Crippen LogP contribution in [0, 0.1) is 0 Å². The maximum absolute atomic E-state index is 5.20. The van der Waals surface area contributed by atoms with Crippen molar-refractivity contribution in [3.63, 3.8) is 0 Å². The molecule has 1 heterocycles. The topological polar surface area (TPSA) is 37.4 Å². The molecule has 0 spiro atoms. The predicted octanol–water partition coefficient (Wildman–Crippen LogP) is 2.24. The van der Waals surface area contributed by atoms with Gasteiger partial charge in [0.1, 0.15) is 0 Å². The third-order valence-corrected chi connectivity index (χ3v) is 3.73. The molecule has 4 nitrogen and oxygen atoms in total. The van der Waals surface area contributed by atoms with Gasteiger partial charge in [0.15, 0.2) is 5.13 Å². The Bertz CT molecular complexity index is 338. The third-order valence-electron chi connectivity index (χ3n) is 2.52. The summed E-state index contributed by atoms with van der Waals surface area (Å²) in [6.45, 7) is 8.85. The Kier molecular flexibility index (Phi) is 5.88. The summed E-state index contributed by atoms with van der Waals surface area (Å²) >= 11 is 1.75. The first-order valence-corrected chi connectivity index (χ1v) is 6.82. The van der Waals surface area contributed by atoms with Crippen LogP contribution in [0.4, 0.5) is 5.13 Å². The van der Waals surface area contributed by atoms with Crippen molar-refractivity contribution in [2.45, 2.75) is 40.0 Å². The monoisotopic (exact) mass is 257 g/mol. The average molecular weight is 257 g/mol. The number of nitrogens with one attached hydrogen (secondary N) is 1. The molecule has 1 aromatic rings. The molecule has 0 saturated heterocycles. The number of hydrogen-bond acceptors (Lipinski definition) is 5. The summed E-state index contributed by atoms with van der Waals surface area (Å²) in [7, 11) is 3.78. The van der Waals surface area contributed by atoms with Crippen LogP contribution in [0.2, 0.25) is 0 Å². The molecule has 1 rings (SSSR count). The summed E-state index contributed by atoms with van der Waals surface area (Å²) < 4.78 is 5.20. The van der Waals surface area contributed by atoms with Gasteiger partial charge in [0.05, 0.1) is 12.3 Å². The van der Waals surface area contributed by atoms with E-state index in [1.165, 1.54) is 4.88 Å². The van der Waals surface area contributed by atoms with Gasteiger partial charge in [-0.05, 0) is 6.92 Å². The minimum Gasteiger partial charge on any atom is -0.378 e. The third kappa shape index (κ3) is 4.26. The largest absolute Gasteiger partial charge is 0.378 e. The number of anilines is 1. The van der Waals surface area contributed by atoms with Gasteiger partial charge in [-0.1, -0.05) is 13.8 Å². The van der Waals surface area contributed by atoms with Gasteiger partial charge >= 0.3 is 0 Å². The van der Waals surface area contributed by atoms with E-state index in [1.807, 2.05) is 0 Å². The molecule has 0 unspecified atom stereocenters. The first kappa shape index (κ1) is 14.4. The summed E-state index contributed by atoms with van der Waals surface area (Å²) in [5.74, 6) is 0. The Balaban J connectivity index is 2.80. The number of ether oxygens (including phenoxy) is 1. The van der Waals surface area contributed by atoms with Gasteiger partial charge in [-0.25, -0.2) is 4.98 Å². The van der Waals surface area contributed by atoms with Gasteiger partial charge < -0.3 is 15.0 Å². The van der Waals surface area contributed by atoms with Gasteiger partial charge in [-0.15, -0.1) is 11.3 Å². The zero-order valence-corrected chi connectivity index (χ0v) is 12.2. The summed E-state index contributed by atoms with van der Waals surface area (Å²) in [6.07, 6.45) is 0. The Hall–Kier alpha value is -0.650. The van der Waals surface area contributed by atoms with E-state index in [4.69, 9.17) is 4.74 Å². The second-order valence-corrected chi connectivity index (χ2v) is 5.41. The molecular weight excluding hydrogens is 234 g/mol. The smallest absolute Gasteiger partial charge is 0.185 e. The number of aromatic nitrogens is 1. The van der Waals surface area contributed by atoms with Crippen LogP contribution in [0.3, 0.4) is 0 Å². The average Bonchev–Trinajstić information content (AvgIpc) is 2.69.